The molecule has 1 fully saturated rings. The second kappa shape index (κ2) is 8.53. The van der Waals surface area contributed by atoms with Gasteiger partial charge in [0, 0.05) is 13.0 Å². The molecule has 1 unspecified atom stereocenters. The first kappa shape index (κ1) is 22.0. The Labute approximate surface area is 197 Å². The zero-order chi connectivity index (χ0) is 23.2. The Morgan fingerprint density at radius 1 is 1.12 bits per heavy atom. The Balaban J connectivity index is 1.43. The number of rotatable bonds is 3. The summed E-state index contributed by atoms with van der Waals surface area (Å²) in [5.74, 6) is 1.37. The Hall–Kier alpha value is -2.78. The number of amides is 1. The highest BCUT2D eigenvalue weighted by Crippen LogP contribution is 2.38. The van der Waals surface area contributed by atoms with Gasteiger partial charge in [-0.3, -0.25) is 4.79 Å². The SMILES string of the molecule is CC(NC(=O)c1cc2c(cc1Cl)N1CCCCCC1=NS2(=O)=O)c1ccc2c(c1)OCCO2. The summed E-state index contributed by atoms with van der Waals surface area (Å²) in [6.45, 7) is 3.48. The average molecular weight is 490 g/mol. The fourth-order valence-corrected chi connectivity index (χ4v) is 5.87. The number of sulfonamides is 1. The molecule has 174 valence electrons. The second-order valence-corrected chi connectivity index (χ2v) is 10.3. The van der Waals surface area contributed by atoms with E-state index in [1.165, 1.54) is 6.07 Å². The van der Waals surface area contributed by atoms with Crippen LogP contribution in [-0.2, 0) is 10.0 Å². The molecule has 8 nitrogen and oxygen atoms in total. The van der Waals surface area contributed by atoms with E-state index in [2.05, 4.69) is 9.71 Å². The van der Waals surface area contributed by atoms with Crippen molar-refractivity contribution in [3.05, 3.63) is 46.5 Å². The summed E-state index contributed by atoms with van der Waals surface area (Å²) in [7, 11) is -3.92. The lowest BCUT2D eigenvalue weighted by Crippen LogP contribution is -2.35. The molecule has 0 aromatic heterocycles. The van der Waals surface area contributed by atoms with Gasteiger partial charge in [-0.15, -0.1) is 4.40 Å². The number of benzene rings is 2. The first-order valence-corrected chi connectivity index (χ1v) is 12.8. The predicted octanol–water partition coefficient (Wildman–Crippen LogP) is 4.08. The fraction of sp³-hybridized carbons (Fsp3) is 0.391. The van der Waals surface area contributed by atoms with Crippen LogP contribution in [0.1, 0.15) is 54.6 Å². The van der Waals surface area contributed by atoms with Crippen LogP contribution in [0.4, 0.5) is 5.69 Å². The van der Waals surface area contributed by atoms with E-state index in [9.17, 15) is 13.2 Å². The topological polar surface area (TPSA) is 97.3 Å². The number of carbonyl (C=O) groups excluding carboxylic acids is 1. The molecular weight excluding hydrogens is 466 g/mol. The fourth-order valence-electron chi connectivity index (χ4n) is 4.36. The second-order valence-electron chi connectivity index (χ2n) is 8.34. The smallest absolute Gasteiger partial charge is 0.286 e. The van der Waals surface area contributed by atoms with Crippen LogP contribution in [0, 0.1) is 0 Å². The quantitative estimate of drug-likeness (QED) is 0.697. The lowest BCUT2D eigenvalue weighted by Gasteiger charge is -2.30. The lowest BCUT2D eigenvalue weighted by atomic mass is 10.1. The number of ether oxygens (including phenoxy) is 2. The highest BCUT2D eigenvalue weighted by Gasteiger charge is 2.33. The highest BCUT2D eigenvalue weighted by atomic mass is 35.5. The maximum absolute atomic E-state index is 13.1. The number of amidine groups is 1. The van der Waals surface area contributed by atoms with Crippen LogP contribution in [0.25, 0.3) is 0 Å². The molecule has 0 radical (unpaired) electrons. The summed E-state index contributed by atoms with van der Waals surface area (Å²) in [6.07, 6.45) is 3.44. The van der Waals surface area contributed by atoms with Crippen molar-refractivity contribution in [1.29, 1.82) is 0 Å². The minimum absolute atomic E-state index is 0.00897. The lowest BCUT2D eigenvalue weighted by molar-refractivity contribution is 0.0939. The van der Waals surface area contributed by atoms with Gasteiger partial charge < -0.3 is 19.7 Å². The first-order valence-electron chi connectivity index (χ1n) is 11.0. The molecule has 2 aromatic rings. The minimum atomic E-state index is -3.92. The molecule has 0 spiro atoms. The van der Waals surface area contributed by atoms with Crippen LogP contribution < -0.4 is 19.7 Å². The van der Waals surface area contributed by atoms with Gasteiger partial charge >= 0.3 is 0 Å². The Kier molecular flexibility index (Phi) is 5.70. The van der Waals surface area contributed by atoms with Crippen LogP contribution >= 0.6 is 11.6 Å². The van der Waals surface area contributed by atoms with Crippen LogP contribution in [0.3, 0.4) is 0 Å². The van der Waals surface area contributed by atoms with Gasteiger partial charge in [0.05, 0.1) is 22.3 Å². The van der Waals surface area contributed by atoms with Crippen molar-refractivity contribution in [1.82, 2.24) is 5.32 Å². The Morgan fingerprint density at radius 3 is 2.73 bits per heavy atom. The first-order chi connectivity index (χ1) is 15.8. The van der Waals surface area contributed by atoms with Crippen molar-refractivity contribution in [3.8, 4) is 11.5 Å². The standard InChI is InChI=1S/C23H24ClN3O5S/c1-14(15-6-7-19-20(11-15)32-10-9-31-19)25-23(28)16-12-21-18(13-17(16)24)27-8-4-2-3-5-22(27)26-33(21,29)30/h6-7,11-14H,2-5,8-10H2,1H3,(H,25,28). The van der Waals surface area contributed by atoms with E-state index in [0.29, 0.717) is 49.2 Å². The van der Waals surface area contributed by atoms with E-state index in [4.69, 9.17) is 21.1 Å². The zero-order valence-corrected chi connectivity index (χ0v) is 19.7. The third kappa shape index (κ3) is 4.15. The van der Waals surface area contributed by atoms with Crippen LogP contribution in [0.15, 0.2) is 39.6 Å². The highest BCUT2D eigenvalue weighted by molar-refractivity contribution is 7.90. The van der Waals surface area contributed by atoms with Gasteiger partial charge in [-0.2, -0.15) is 8.42 Å². The molecule has 2 aromatic carbocycles. The summed E-state index contributed by atoms with van der Waals surface area (Å²) in [6, 6.07) is 8.03. The van der Waals surface area contributed by atoms with Gasteiger partial charge in [0.25, 0.3) is 15.9 Å². The molecule has 0 aliphatic carbocycles. The number of hydrogen-bond donors (Lipinski definition) is 1. The number of fused-ring (bicyclic) bond motifs is 4. The number of anilines is 1. The van der Waals surface area contributed by atoms with Gasteiger partial charge in [-0.05, 0) is 49.6 Å². The Bertz CT molecular complexity index is 1260. The van der Waals surface area contributed by atoms with Gasteiger partial charge in [-0.25, -0.2) is 0 Å². The minimum Gasteiger partial charge on any atom is -0.486 e. The maximum Gasteiger partial charge on any atom is 0.286 e. The Morgan fingerprint density at radius 2 is 1.91 bits per heavy atom. The van der Waals surface area contributed by atoms with Crippen molar-refractivity contribution in [3.63, 3.8) is 0 Å². The summed E-state index contributed by atoms with van der Waals surface area (Å²) >= 11 is 6.49. The third-order valence-electron chi connectivity index (χ3n) is 6.10. The van der Waals surface area contributed by atoms with Crippen molar-refractivity contribution in [2.24, 2.45) is 4.40 Å². The van der Waals surface area contributed by atoms with Gasteiger partial charge in [0.1, 0.15) is 23.9 Å². The molecule has 1 N–H and O–H groups in total. The van der Waals surface area contributed by atoms with Gasteiger partial charge in [0.2, 0.25) is 0 Å². The normalized spacial score (nSPS) is 19.5. The molecule has 0 bridgehead atoms. The maximum atomic E-state index is 13.1. The van der Waals surface area contributed by atoms with Crippen LogP contribution in [0.5, 0.6) is 11.5 Å². The molecule has 1 amide bonds. The van der Waals surface area contributed by atoms with Gasteiger partial charge in [-0.1, -0.05) is 24.1 Å². The van der Waals surface area contributed by atoms with E-state index < -0.39 is 15.9 Å². The van der Waals surface area contributed by atoms with E-state index in [0.717, 1.165) is 24.8 Å². The monoisotopic (exact) mass is 489 g/mol. The molecule has 1 saturated heterocycles. The van der Waals surface area contributed by atoms with Gasteiger partial charge in [0.15, 0.2) is 11.5 Å². The molecule has 0 saturated carbocycles. The largest absolute Gasteiger partial charge is 0.486 e. The summed E-state index contributed by atoms with van der Waals surface area (Å²) in [5, 5.41) is 3.09. The van der Waals surface area contributed by atoms with Crippen molar-refractivity contribution < 1.29 is 22.7 Å². The van der Waals surface area contributed by atoms with E-state index in [-0.39, 0.29) is 21.5 Å². The molecular formula is C23H24ClN3O5S. The number of halogens is 1. The van der Waals surface area contributed by atoms with E-state index in [1.807, 2.05) is 30.0 Å². The van der Waals surface area contributed by atoms with E-state index >= 15 is 0 Å². The zero-order valence-electron chi connectivity index (χ0n) is 18.1. The summed E-state index contributed by atoms with van der Waals surface area (Å²) < 4.78 is 41.0. The number of carbonyl (C=O) groups is 1. The molecule has 3 heterocycles. The average Bonchev–Trinajstić information content (AvgIpc) is 3.03. The van der Waals surface area contributed by atoms with Crippen molar-refractivity contribution in [2.45, 2.75) is 43.5 Å². The summed E-state index contributed by atoms with van der Waals surface area (Å²) in [5.41, 5.74) is 1.41. The number of nitrogens with zero attached hydrogens (tertiary/aromatic N) is 2. The molecule has 1 atom stereocenters. The van der Waals surface area contributed by atoms with Crippen molar-refractivity contribution in [2.75, 3.05) is 24.7 Å². The van der Waals surface area contributed by atoms with E-state index in [1.54, 1.807) is 6.07 Å². The molecule has 33 heavy (non-hydrogen) atoms. The predicted molar refractivity (Wildman–Crippen MR) is 125 cm³/mol. The van der Waals surface area contributed by atoms with Crippen molar-refractivity contribution >= 4 is 39.1 Å². The molecule has 5 rings (SSSR count). The molecule has 3 aliphatic heterocycles. The molecule has 10 heteroatoms. The van der Waals surface area contributed by atoms with Crippen LogP contribution in [0.2, 0.25) is 5.02 Å². The molecule has 3 aliphatic rings. The summed E-state index contributed by atoms with van der Waals surface area (Å²) in [4.78, 5) is 15.0. The number of hydrogen-bond acceptors (Lipinski definition) is 6. The van der Waals surface area contributed by atoms with Crippen LogP contribution in [-0.4, -0.2) is 39.9 Å². The number of nitrogens with one attached hydrogen (secondary N) is 1. The third-order valence-corrected chi connectivity index (χ3v) is 7.74.